The zero-order chi connectivity index (χ0) is 31.1. The van der Waals surface area contributed by atoms with E-state index in [2.05, 4.69) is 48.5 Å². The standard InChI is InChI=1S/C35H41BrClNO5/c1-34(2)16-25-31(27(39)18-34)30(32-26(38(25)12-9-13-41-5)17-35(3,4)19-28(32)40)22-14-24(37)33(29(15-22)42-6)43-20-21-10-7-8-11-23(21)36/h7-8,10-11,14-15,30H,9,12-13,16-20H2,1-6H3. The fourth-order valence-electron chi connectivity index (χ4n) is 6.83. The van der Waals surface area contributed by atoms with Crippen molar-refractivity contribution < 1.29 is 23.8 Å². The van der Waals surface area contributed by atoms with Crippen molar-refractivity contribution >= 4 is 39.1 Å². The van der Waals surface area contributed by atoms with Crippen molar-refractivity contribution in [1.82, 2.24) is 4.90 Å². The molecule has 1 heterocycles. The van der Waals surface area contributed by atoms with Crippen LogP contribution in [0.25, 0.3) is 0 Å². The van der Waals surface area contributed by atoms with E-state index in [1.165, 1.54) is 0 Å². The third-order valence-electron chi connectivity index (χ3n) is 8.67. The van der Waals surface area contributed by atoms with E-state index >= 15 is 0 Å². The average Bonchev–Trinajstić information content (AvgIpc) is 2.92. The van der Waals surface area contributed by atoms with Gasteiger partial charge < -0.3 is 19.1 Å². The molecule has 0 saturated heterocycles. The van der Waals surface area contributed by atoms with Crippen LogP contribution in [0.5, 0.6) is 11.5 Å². The van der Waals surface area contributed by atoms with E-state index in [4.69, 9.17) is 25.8 Å². The molecule has 230 valence electrons. The molecule has 0 unspecified atom stereocenters. The Balaban J connectivity index is 1.65. The molecule has 43 heavy (non-hydrogen) atoms. The largest absolute Gasteiger partial charge is 0.493 e. The highest BCUT2D eigenvalue weighted by Gasteiger charge is 2.49. The zero-order valence-corrected chi connectivity index (χ0v) is 28.3. The molecule has 0 aromatic heterocycles. The van der Waals surface area contributed by atoms with E-state index in [-0.39, 0.29) is 22.4 Å². The SMILES string of the molecule is COCCCN1C2=C(C(=O)CC(C)(C)C2)C(c2cc(Cl)c(OCc3ccccc3Br)c(OC)c2)C2=C1CC(C)(C)CC2=O. The highest BCUT2D eigenvalue weighted by atomic mass is 79.9. The second-order valence-electron chi connectivity index (χ2n) is 13.4. The summed E-state index contributed by atoms with van der Waals surface area (Å²) in [6.07, 6.45) is 3.15. The monoisotopic (exact) mass is 669 g/mol. The van der Waals surface area contributed by atoms with Gasteiger partial charge in [0.05, 0.1) is 12.1 Å². The van der Waals surface area contributed by atoms with Crippen LogP contribution in [-0.4, -0.2) is 43.8 Å². The molecule has 0 spiro atoms. The molecule has 2 aromatic carbocycles. The lowest BCUT2D eigenvalue weighted by Gasteiger charge is -2.49. The number of benzene rings is 2. The molecule has 0 fully saturated rings. The van der Waals surface area contributed by atoms with E-state index in [1.807, 2.05) is 36.4 Å². The van der Waals surface area contributed by atoms with Crippen LogP contribution in [0, 0.1) is 10.8 Å². The van der Waals surface area contributed by atoms with Gasteiger partial charge in [-0.3, -0.25) is 9.59 Å². The van der Waals surface area contributed by atoms with Gasteiger partial charge in [-0.05, 0) is 53.9 Å². The minimum absolute atomic E-state index is 0.0847. The molecule has 1 aliphatic heterocycles. The second kappa shape index (κ2) is 12.4. The van der Waals surface area contributed by atoms with Crippen molar-refractivity contribution in [3.63, 3.8) is 0 Å². The van der Waals surface area contributed by atoms with Gasteiger partial charge in [0.15, 0.2) is 23.1 Å². The third kappa shape index (κ3) is 6.45. The maximum atomic E-state index is 14.1. The number of allylic oxidation sites excluding steroid dienone is 4. The lowest BCUT2D eigenvalue weighted by atomic mass is 9.63. The van der Waals surface area contributed by atoms with Gasteiger partial charge in [0.1, 0.15) is 6.61 Å². The number of carbonyl (C=O) groups is 2. The van der Waals surface area contributed by atoms with Crippen molar-refractivity contribution in [1.29, 1.82) is 0 Å². The number of halogens is 2. The summed E-state index contributed by atoms with van der Waals surface area (Å²) in [5, 5.41) is 0.375. The van der Waals surface area contributed by atoms with E-state index in [0.29, 0.717) is 60.3 Å². The first-order valence-corrected chi connectivity index (χ1v) is 16.1. The van der Waals surface area contributed by atoms with Crippen LogP contribution in [0.2, 0.25) is 5.02 Å². The van der Waals surface area contributed by atoms with Crippen LogP contribution in [0.1, 0.15) is 76.8 Å². The Bertz CT molecular complexity index is 1450. The summed E-state index contributed by atoms with van der Waals surface area (Å²) in [7, 11) is 3.28. The van der Waals surface area contributed by atoms with Crippen LogP contribution >= 0.6 is 27.5 Å². The average molecular weight is 671 g/mol. The summed E-state index contributed by atoms with van der Waals surface area (Å²) >= 11 is 10.5. The Morgan fingerprint density at radius 1 is 0.930 bits per heavy atom. The summed E-state index contributed by atoms with van der Waals surface area (Å²) < 4.78 is 18.3. The normalized spacial score (nSPS) is 19.9. The second-order valence-corrected chi connectivity index (χ2v) is 14.7. The van der Waals surface area contributed by atoms with Crippen LogP contribution in [0.3, 0.4) is 0 Å². The van der Waals surface area contributed by atoms with Gasteiger partial charge in [-0.2, -0.15) is 0 Å². The number of carbonyl (C=O) groups excluding carboxylic acids is 2. The highest BCUT2D eigenvalue weighted by molar-refractivity contribution is 9.10. The molecule has 3 aliphatic rings. The van der Waals surface area contributed by atoms with E-state index in [0.717, 1.165) is 46.3 Å². The predicted molar refractivity (Wildman–Crippen MR) is 173 cm³/mol. The fourth-order valence-corrected chi connectivity index (χ4v) is 7.50. The Morgan fingerprint density at radius 3 is 2.09 bits per heavy atom. The van der Waals surface area contributed by atoms with Gasteiger partial charge >= 0.3 is 0 Å². The van der Waals surface area contributed by atoms with Gasteiger partial charge in [0.25, 0.3) is 0 Å². The Hall–Kier alpha value is -2.61. The number of rotatable bonds is 9. The van der Waals surface area contributed by atoms with Crippen molar-refractivity contribution in [3.8, 4) is 11.5 Å². The Morgan fingerprint density at radius 2 is 1.53 bits per heavy atom. The Kier molecular flexibility index (Phi) is 9.18. The van der Waals surface area contributed by atoms with E-state index in [9.17, 15) is 9.59 Å². The molecule has 0 N–H and O–H groups in total. The number of ether oxygens (including phenoxy) is 3. The molecular weight excluding hydrogens is 630 g/mol. The molecule has 0 atom stereocenters. The van der Waals surface area contributed by atoms with E-state index in [1.54, 1.807) is 14.2 Å². The van der Waals surface area contributed by atoms with Gasteiger partial charge in [-0.25, -0.2) is 0 Å². The quantitative estimate of drug-likeness (QED) is 0.250. The van der Waals surface area contributed by atoms with Crippen molar-refractivity contribution in [2.45, 2.75) is 72.3 Å². The molecule has 2 aromatic rings. The number of hydrogen-bond acceptors (Lipinski definition) is 6. The maximum Gasteiger partial charge on any atom is 0.180 e. The van der Waals surface area contributed by atoms with Gasteiger partial charge in [-0.1, -0.05) is 73.4 Å². The molecule has 0 saturated carbocycles. The number of Topliss-reactive ketones (excluding diaryl/α,β-unsaturated/α-hetero) is 2. The topological polar surface area (TPSA) is 65.1 Å². The summed E-state index contributed by atoms with van der Waals surface area (Å²) in [4.78, 5) is 30.4. The van der Waals surface area contributed by atoms with Crippen LogP contribution < -0.4 is 9.47 Å². The predicted octanol–water partition coefficient (Wildman–Crippen LogP) is 8.41. The van der Waals surface area contributed by atoms with Crippen molar-refractivity contribution in [2.75, 3.05) is 27.4 Å². The molecule has 0 radical (unpaired) electrons. The molecule has 6 nitrogen and oxygen atoms in total. The summed E-state index contributed by atoms with van der Waals surface area (Å²) in [5.41, 5.74) is 4.84. The first kappa shape index (κ1) is 31.8. The number of methoxy groups -OCH3 is 2. The van der Waals surface area contributed by atoms with Crippen LogP contribution in [-0.2, 0) is 20.9 Å². The van der Waals surface area contributed by atoms with E-state index < -0.39 is 5.92 Å². The summed E-state index contributed by atoms with van der Waals surface area (Å²) in [6, 6.07) is 11.6. The minimum atomic E-state index is -0.514. The molecule has 2 aliphatic carbocycles. The first-order chi connectivity index (χ1) is 20.4. The summed E-state index contributed by atoms with van der Waals surface area (Å²) in [5.74, 6) is 0.549. The number of hydrogen-bond donors (Lipinski definition) is 0. The molecule has 0 bridgehead atoms. The highest BCUT2D eigenvalue weighted by Crippen LogP contribution is 2.55. The smallest absolute Gasteiger partial charge is 0.180 e. The van der Waals surface area contributed by atoms with Crippen LogP contribution in [0.4, 0.5) is 0 Å². The molecule has 0 amide bonds. The van der Waals surface area contributed by atoms with Gasteiger partial charge in [-0.15, -0.1) is 0 Å². The fraction of sp³-hybridized carbons (Fsp3) is 0.486. The van der Waals surface area contributed by atoms with Gasteiger partial charge in [0, 0.05) is 71.6 Å². The summed E-state index contributed by atoms with van der Waals surface area (Å²) in [6.45, 7) is 10.2. The Labute approximate surface area is 268 Å². The lowest BCUT2D eigenvalue weighted by molar-refractivity contribution is -0.119. The molecule has 5 rings (SSSR count). The third-order valence-corrected chi connectivity index (χ3v) is 9.72. The van der Waals surface area contributed by atoms with Crippen molar-refractivity contribution in [3.05, 3.63) is 79.6 Å². The maximum absolute atomic E-state index is 14.1. The van der Waals surface area contributed by atoms with Gasteiger partial charge in [0.2, 0.25) is 0 Å². The zero-order valence-electron chi connectivity index (χ0n) is 25.9. The van der Waals surface area contributed by atoms with Crippen LogP contribution in [0.15, 0.2) is 63.4 Å². The first-order valence-electron chi connectivity index (χ1n) is 14.9. The lowest BCUT2D eigenvalue weighted by Crippen LogP contribution is -2.44. The number of nitrogens with zero attached hydrogens (tertiary/aromatic N) is 1. The molecule has 8 heteroatoms. The molecular formula is C35H41BrClNO5. The van der Waals surface area contributed by atoms with Crippen molar-refractivity contribution in [2.24, 2.45) is 10.8 Å². The number of ketones is 2. The minimum Gasteiger partial charge on any atom is -0.493 e.